The number of carbonyl (C=O) groups is 1. The van der Waals surface area contributed by atoms with Gasteiger partial charge in [0.25, 0.3) is 0 Å². The number of hydrogen-bond acceptors (Lipinski definition) is 7. The maximum Gasteiger partial charge on any atom is 0.241 e. The molecule has 4 rings (SSSR count). The molecule has 0 aliphatic carbocycles. The number of nitrogens with zero attached hydrogens (tertiary/aromatic N) is 4. The van der Waals surface area contributed by atoms with Crippen molar-refractivity contribution >= 4 is 11.7 Å². The number of amides is 1. The van der Waals surface area contributed by atoms with Crippen molar-refractivity contribution in [3.8, 4) is 0 Å². The summed E-state index contributed by atoms with van der Waals surface area (Å²) in [6, 6.07) is 3.60. The molecule has 126 valence electrons. The zero-order valence-corrected chi connectivity index (χ0v) is 13.3. The summed E-state index contributed by atoms with van der Waals surface area (Å²) >= 11 is 0. The van der Waals surface area contributed by atoms with Crippen molar-refractivity contribution in [2.75, 3.05) is 31.1 Å². The fraction of sp³-hybridized carbons (Fsp3) is 0.438. The average Bonchev–Trinajstić information content (AvgIpc) is 3.33. The maximum absolute atomic E-state index is 12.7. The zero-order chi connectivity index (χ0) is 16.4. The summed E-state index contributed by atoms with van der Waals surface area (Å²) in [7, 11) is 0. The Morgan fingerprint density at radius 2 is 2.08 bits per heavy atom. The molecule has 0 aromatic carbocycles. The summed E-state index contributed by atoms with van der Waals surface area (Å²) in [5.41, 5.74) is 6.24. The summed E-state index contributed by atoms with van der Waals surface area (Å²) < 4.78 is 5.41. The molecule has 2 aromatic rings. The molecule has 24 heavy (non-hydrogen) atoms. The molecule has 2 fully saturated rings. The van der Waals surface area contributed by atoms with Crippen molar-refractivity contribution in [3.05, 3.63) is 42.7 Å². The third-order valence-corrected chi connectivity index (χ3v) is 4.55. The molecular weight excluding hydrogens is 308 g/mol. The molecule has 2 saturated heterocycles. The number of nitrogens with one attached hydrogen (secondary N) is 2. The predicted molar refractivity (Wildman–Crippen MR) is 87.0 cm³/mol. The summed E-state index contributed by atoms with van der Waals surface area (Å²) in [6.07, 6.45) is 7.45. The van der Waals surface area contributed by atoms with E-state index in [1.807, 2.05) is 17.0 Å². The van der Waals surface area contributed by atoms with Gasteiger partial charge < -0.3 is 14.2 Å². The van der Waals surface area contributed by atoms with Crippen LogP contribution in [0.15, 0.2) is 41.4 Å². The number of carbonyl (C=O) groups excluding carboxylic acids is 1. The SMILES string of the molecule is O=C(C1CC(c2ccco2)NN1)N1CCN(c2cnccn2)CC1. The molecule has 0 spiro atoms. The van der Waals surface area contributed by atoms with Gasteiger partial charge in [0.15, 0.2) is 0 Å². The van der Waals surface area contributed by atoms with Gasteiger partial charge in [-0.15, -0.1) is 0 Å². The van der Waals surface area contributed by atoms with E-state index in [2.05, 4.69) is 25.7 Å². The molecule has 2 aliphatic rings. The molecule has 2 aromatic heterocycles. The van der Waals surface area contributed by atoms with Gasteiger partial charge in [-0.25, -0.2) is 15.8 Å². The summed E-state index contributed by atoms with van der Waals surface area (Å²) in [5.74, 6) is 1.85. The minimum Gasteiger partial charge on any atom is -0.468 e. The van der Waals surface area contributed by atoms with Crippen molar-refractivity contribution in [1.82, 2.24) is 25.7 Å². The van der Waals surface area contributed by atoms with Crippen LogP contribution >= 0.6 is 0 Å². The minimum atomic E-state index is -0.219. The minimum absolute atomic E-state index is 0.0369. The second-order valence-corrected chi connectivity index (χ2v) is 6.02. The van der Waals surface area contributed by atoms with Gasteiger partial charge in [-0.1, -0.05) is 0 Å². The van der Waals surface area contributed by atoms with Crippen LogP contribution in [0.25, 0.3) is 0 Å². The maximum atomic E-state index is 12.7. The molecule has 8 heteroatoms. The van der Waals surface area contributed by atoms with E-state index in [0.29, 0.717) is 19.5 Å². The summed E-state index contributed by atoms with van der Waals surface area (Å²) in [6.45, 7) is 2.93. The van der Waals surface area contributed by atoms with Gasteiger partial charge in [0.2, 0.25) is 5.91 Å². The van der Waals surface area contributed by atoms with E-state index in [1.165, 1.54) is 0 Å². The molecule has 1 amide bonds. The number of rotatable bonds is 3. The smallest absolute Gasteiger partial charge is 0.241 e. The highest BCUT2D eigenvalue weighted by molar-refractivity contribution is 5.82. The van der Waals surface area contributed by atoms with E-state index in [9.17, 15) is 4.79 Å². The molecule has 0 saturated carbocycles. The van der Waals surface area contributed by atoms with E-state index in [-0.39, 0.29) is 18.0 Å². The molecule has 0 bridgehead atoms. The largest absolute Gasteiger partial charge is 0.468 e. The van der Waals surface area contributed by atoms with Crippen LogP contribution in [0.5, 0.6) is 0 Å². The van der Waals surface area contributed by atoms with Gasteiger partial charge >= 0.3 is 0 Å². The predicted octanol–water partition coefficient (Wildman–Crippen LogP) is 0.326. The van der Waals surface area contributed by atoms with Crippen LogP contribution in [-0.2, 0) is 4.79 Å². The van der Waals surface area contributed by atoms with Crippen LogP contribution in [-0.4, -0.2) is 53.0 Å². The van der Waals surface area contributed by atoms with Crippen molar-refractivity contribution < 1.29 is 9.21 Å². The average molecular weight is 328 g/mol. The first-order valence-corrected chi connectivity index (χ1v) is 8.15. The topological polar surface area (TPSA) is 86.5 Å². The van der Waals surface area contributed by atoms with E-state index < -0.39 is 0 Å². The van der Waals surface area contributed by atoms with Crippen molar-refractivity contribution in [3.63, 3.8) is 0 Å². The van der Waals surface area contributed by atoms with Crippen LogP contribution in [0.3, 0.4) is 0 Å². The van der Waals surface area contributed by atoms with Gasteiger partial charge in [0.1, 0.15) is 17.6 Å². The molecule has 4 heterocycles. The third kappa shape index (κ3) is 2.98. The number of aromatic nitrogens is 2. The normalized spacial score (nSPS) is 24.3. The summed E-state index contributed by atoms with van der Waals surface area (Å²) in [4.78, 5) is 25.2. The van der Waals surface area contributed by atoms with Gasteiger partial charge in [-0.05, 0) is 18.6 Å². The van der Waals surface area contributed by atoms with Crippen LogP contribution < -0.4 is 15.8 Å². The van der Waals surface area contributed by atoms with Crippen molar-refractivity contribution in [2.24, 2.45) is 0 Å². The second-order valence-electron chi connectivity index (χ2n) is 6.02. The summed E-state index contributed by atoms with van der Waals surface area (Å²) in [5, 5.41) is 0. The van der Waals surface area contributed by atoms with Gasteiger partial charge in [-0.2, -0.15) is 0 Å². The number of hydrogen-bond donors (Lipinski definition) is 2. The highest BCUT2D eigenvalue weighted by Gasteiger charge is 2.35. The first kappa shape index (κ1) is 15.1. The van der Waals surface area contributed by atoms with E-state index in [4.69, 9.17) is 4.42 Å². The van der Waals surface area contributed by atoms with E-state index in [0.717, 1.165) is 24.7 Å². The second kappa shape index (κ2) is 6.58. The first-order valence-electron chi connectivity index (χ1n) is 8.15. The quantitative estimate of drug-likeness (QED) is 0.839. The molecule has 2 atom stereocenters. The standard InChI is InChI=1S/C16H20N6O2/c23-16(13-10-12(19-20-13)14-2-1-9-24-14)22-7-5-21(6-8-22)15-11-17-3-4-18-15/h1-4,9,11-13,19-20H,5-8,10H2. The van der Waals surface area contributed by atoms with E-state index >= 15 is 0 Å². The number of piperazine rings is 1. The van der Waals surface area contributed by atoms with Gasteiger partial charge in [0.05, 0.1) is 18.5 Å². The van der Waals surface area contributed by atoms with E-state index in [1.54, 1.807) is 24.9 Å². The number of furan rings is 1. The van der Waals surface area contributed by atoms with Crippen LogP contribution in [0.2, 0.25) is 0 Å². The van der Waals surface area contributed by atoms with Crippen LogP contribution in [0.1, 0.15) is 18.2 Å². The Bertz CT molecular complexity index is 669. The Labute approximate surface area is 139 Å². The highest BCUT2D eigenvalue weighted by atomic mass is 16.3. The molecule has 8 nitrogen and oxygen atoms in total. The number of anilines is 1. The highest BCUT2D eigenvalue weighted by Crippen LogP contribution is 2.23. The molecule has 2 N–H and O–H groups in total. The first-order chi connectivity index (χ1) is 11.8. The third-order valence-electron chi connectivity index (χ3n) is 4.55. The monoisotopic (exact) mass is 328 g/mol. The Kier molecular flexibility index (Phi) is 4.14. The zero-order valence-electron chi connectivity index (χ0n) is 13.3. The van der Waals surface area contributed by atoms with Crippen molar-refractivity contribution in [1.29, 1.82) is 0 Å². The molecule has 2 aliphatic heterocycles. The van der Waals surface area contributed by atoms with Gasteiger partial charge in [0, 0.05) is 38.6 Å². The molecule has 2 unspecified atom stereocenters. The fourth-order valence-electron chi connectivity index (χ4n) is 3.22. The Morgan fingerprint density at radius 1 is 1.21 bits per heavy atom. The van der Waals surface area contributed by atoms with Crippen LogP contribution in [0, 0.1) is 0 Å². The number of hydrazine groups is 1. The Morgan fingerprint density at radius 3 is 2.79 bits per heavy atom. The lowest BCUT2D eigenvalue weighted by atomic mass is 10.1. The lowest BCUT2D eigenvalue weighted by molar-refractivity contribution is -0.133. The molecule has 0 radical (unpaired) electrons. The lowest BCUT2D eigenvalue weighted by Crippen LogP contribution is -2.53. The Balaban J connectivity index is 1.32. The lowest BCUT2D eigenvalue weighted by Gasteiger charge is -2.36. The van der Waals surface area contributed by atoms with Crippen molar-refractivity contribution in [2.45, 2.75) is 18.5 Å². The fourth-order valence-corrected chi connectivity index (χ4v) is 3.22. The Hall–Kier alpha value is -2.45. The molecular formula is C16H20N6O2. The van der Waals surface area contributed by atoms with Crippen LogP contribution in [0.4, 0.5) is 5.82 Å². The van der Waals surface area contributed by atoms with Gasteiger partial charge in [-0.3, -0.25) is 9.78 Å².